The second-order valence-electron chi connectivity index (χ2n) is 3.99. The van der Waals surface area contributed by atoms with Crippen molar-refractivity contribution in [1.82, 2.24) is 0 Å². The first kappa shape index (κ1) is 11.5. The van der Waals surface area contributed by atoms with E-state index in [1.165, 1.54) is 24.3 Å². The number of hydrogen-bond acceptors (Lipinski definition) is 3. The third kappa shape index (κ3) is 2.33. The van der Waals surface area contributed by atoms with Crippen LogP contribution in [0, 0.1) is 5.82 Å². The number of ether oxygens (including phenoxy) is 1. The van der Waals surface area contributed by atoms with Gasteiger partial charge in [-0.05, 0) is 36.4 Å². The molecular weight excluding hydrogens is 247 g/mol. The predicted octanol–water partition coefficient (Wildman–Crippen LogP) is 3.79. The topological polar surface area (TPSA) is 39.4 Å². The average Bonchev–Trinajstić information content (AvgIpc) is 2.85. The molecule has 4 heteroatoms. The summed E-state index contributed by atoms with van der Waals surface area (Å²) in [4.78, 5) is 11.9. The summed E-state index contributed by atoms with van der Waals surface area (Å²) in [6.45, 7) is 0. The number of furan rings is 1. The highest BCUT2D eigenvalue weighted by Crippen LogP contribution is 2.20. The molecule has 0 bridgehead atoms. The third-order valence-corrected chi connectivity index (χ3v) is 2.65. The summed E-state index contributed by atoms with van der Waals surface area (Å²) in [5.41, 5.74) is 0.619. The molecule has 0 unspecified atom stereocenters. The molecule has 0 atom stereocenters. The number of halogens is 1. The zero-order valence-corrected chi connectivity index (χ0v) is 9.80. The number of carbonyl (C=O) groups excluding carboxylic acids is 1. The van der Waals surface area contributed by atoms with Crippen LogP contribution >= 0.6 is 0 Å². The third-order valence-electron chi connectivity index (χ3n) is 2.65. The molecule has 0 aliphatic carbocycles. The molecule has 2 aromatic carbocycles. The van der Waals surface area contributed by atoms with E-state index >= 15 is 0 Å². The summed E-state index contributed by atoms with van der Waals surface area (Å²) in [6.07, 6.45) is 0. The molecule has 1 aromatic heterocycles. The Morgan fingerprint density at radius 3 is 2.53 bits per heavy atom. The van der Waals surface area contributed by atoms with E-state index in [0.29, 0.717) is 5.58 Å². The first-order valence-corrected chi connectivity index (χ1v) is 5.69. The van der Waals surface area contributed by atoms with E-state index in [9.17, 15) is 9.18 Å². The minimum atomic E-state index is -0.609. The van der Waals surface area contributed by atoms with Crippen molar-refractivity contribution in [3.63, 3.8) is 0 Å². The molecule has 0 radical (unpaired) electrons. The van der Waals surface area contributed by atoms with Gasteiger partial charge in [-0.1, -0.05) is 18.2 Å². The molecule has 3 aromatic rings. The van der Waals surface area contributed by atoms with Crippen LogP contribution in [0.5, 0.6) is 5.75 Å². The summed E-state index contributed by atoms with van der Waals surface area (Å²) in [5, 5.41) is 0.827. The number of esters is 1. The molecule has 94 valence electrons. The van der Waals surface area contributed by atoms with Gasteiger partial charge >= 0.3 is 5.97 Å². The highest BCUT2D eigenvalue weighted by molar-refractivity contribution is 5.93. The summed E-state index contributed by atoms with van der Waals surface area (Å²) in [7, 11) is 0. The van der Waals surface area contributed by atoms with Crippen LogP contribution in [0.3, 0.4) is 0 Å². The number of rotatable bonds is 2. The van der Waals surface area contributed by atoms with Crippen molar-refractivity contribution in [2.75, 3.05) is 0 Å². The number of para-hydroxylation sites is 1. The molecule has 0 saturated heterocycles. The first-order chi connectivity index (χ1) is 9.22. The van der Waals surface area contributed by atoms with Crippen molar-refractivity contribution < 1.29 is 18.3 Å². The maximum absolute atomic E-state index is 12.7. The highest BCUT2D eigenvalue weighted by atomic mass is 19.1. The molecule has 0 aliphatic heterocycles. The molecule has 0 N–H and O–H groups in total. The van der Waals surface area contributed by atoms with Gasteiger partial charge in [0.1, 0.15) is 17.1 Å². The van der Waals surface area contributed by atoms with Crippen molar-refractivity contribution in [1.29, 1.82) is 0 Å². The molecule has 3 rings (SSSR count). The monoisotopic (exact) mass is 256 g/mol. The Hall–Kier alpha value is -2.62. The van der Waals surface area contributed by atoms with Gasteiger partial charge in [0.15, 0.2) is 0 Å². The van der Waals surface area contributed by atoms with E-state index < -0.39 is 5.97 Å². The smallest absolute Gasteiger partial charge is 0.379 e. The zero-order valence-electron chi connectivity index (χ0n) is 9.80. The van der Waals surface area contributed by atoms with Crippen molar-refractivity contribution in [2.24, 2.45) is 0 Å². The second-order valence-corrected chi connectivity index (χ2v) is 3.99. The second kappa shape index (κ2) is 4.57. The molecule has 0 amide bonds. The van der Waals surface area contributed by atoms with E-state index in [2.05, 4.69) is 0 Å². The van der Waals surface area contributed by atoms with Gasteiger partial charge in [0, 0.05) is 5.39 Å². The summed E-state index contributed by atoms with van der Waals surface area (Å²) >= 11 is 0. The maximum atomic E-state index is 12.7. The largest absolute Gasteiger partial charge is 0.449 e. The van der Waals surface area contributed by atoms with Crippen LogP contribution in [0.1, 0.15) is 10.6 Å². The standard InChI is InChI=1S/C15H9FO3/c16-11-5-7-12(8-6-11)18-15(17)14-9-10-3-1-2-4-13(10)19-14/h1-9H. The summed E-state index contributed by atoms with van der Waals surface area (Å²) in [6, 6.07) is 14.1. The Labute approximate surface area is 108 Å². The normalized spacial score (nSPS) is 10.6. The van der Waals surface area contributed by atoms with Crippen molar-refractivity contribution >= 4 is 16.9 Å². The van der Waals surface area contributed by atoms with E-state index in [1.807, 2.05) is 18.2 Å². The van der Waals surface area contributed by atoms with Gasteiger partial charge in [-0.2, -0.15) is 0 Å². The average molecular weight is 256 g/mol. The van der Waals surface area contributed by atoms with Gasteiger partial charge in [0.25, 0.3) is 0 Å². The van der Waals surface area contributed by atoms with E-state index in [4.69, 9.17) is 9.15 Å². The van der Waals surface area contributed by atoms with Crippen LogP contribution in [-0.4, -0.2) is 5.97 Å². The number of benzene rings is 2. The van der Waals surface area contributed by atoms with Gasteiger partial charge in [0.2, 0.25) is 5.76 Å². The predicted molar refractivity (Wildman–Crippen MR) is 67.6 cm³/mol. The van der Waals surface area contributed by atoms with Crippen LogP contribution in [0.4, 0.5) is 4.39 Å². The first-order valence-electron chi connectivity index (χ1n) is 5.69. The number of hydrogen-bond donors (Lipinski definition) is 0. The number of carbonyl (C=O) groups is 1. The Balaban J connectivity index is 1.85. The maximum Gasteiger partial charge on any atom is 0.379 e. The summed E-state index contributed by atoms with van der Waals surface area (Å²) < 4.78 is 23.2. The Morgan fingerprint density at radius 2 is 1.79 bits per heavy atom. The SMILES string of the molecule is O=C(Oc1ccc(F)cc1)c1cc2ccccc2o1. The molecule has 0 aliphatic rings. The van der Waals surface area contributed by atoms with Crippen molar-refractivity contribution in [3.05, 3.63) is 66.2 Å². The zero-order chi connectivity index (χ0) is 13.2. The summed E-state index contributed by atoms with van der Waals surface area (Å²) in [5.74, 6) is -0.608. The number of fused-ring (bicyclic) bond motifs is 1. The minimum Gasteiger partial charge on any atom is -0.449 e. The van der Waals surface area contributed by atoms with Gasteiger partial charge in [-0.25, -0.2) is 9.18 Å². The molecule has 1 heterocycles. The fourth-order valence-electron chi connectivity index (χ4n) is 1.74. The Bertz CT molecular complexity index is 695. The molecule has 0 spiro atoms. The lowest BCUT2D eigenvalue weighted by molar-refractivity contribution is 0.0703. The van der Waals surface area contributed by atoms with Gasteiger partial charge in [-0.15, -0.1) is 0 Å². The van der Waals surface area contributed by atoms with Crippen LogP contribution in [0.25, 0.3) is 11.0 Å². The lowest BCUT2D eigenvalue weighted by Gasteiger charge is -2.01. The molecule has 3 nitrogen and oxygen atoms in total. The van der Waals surface area contributed by atoms with E-state index in [0.717, 1.165) is 5.39 Å². The van der Waals surface area contributed by atoms with Crippen LogP contribution in [0.2, 0.25) is 0 Å². The highest BCUT2D eigenvalue weighted by Gasteiger charge is 2.14. The van der Waals surface area contributed by atoms with Crippen LogP contribution < -0.4 is 4.74 Å². The van der Waals surface area contributed by atoms with E-state index in [-0.39, 0.29) is 17.3 Å². The Morgan fingerprint density at radius 1 is 1.05 bits per heavy atom. The van der Waals surface area contributed by atoms with Crippen LogP contribution in [-0.2, 0) is 0 Å². The van der Waals surface area contributed by atoms with Crippen molar-refractivity contribution in [2.45, 2.75) is 0 Å². The van der Waals surface area contributed by atoms with Gasteiger partial charge in [0.05, 0.1) is 0 Å². The Kier molecular flexibility index (Phi) is 2.76. The fourth-order valence-corrected chi connectivity index (χ4v) is 1.74. The lowest BCUT2D eigenvalue weighted by Crippen LogP contribution is -2.06. The fraction of sp³-hybridized carbons (Fsp3) is 0. The molecule has 19 heavy (non-hydrogen) atoms. The van der Waals surface area contributed by atoms with E-state index in [1.54, 1.807) is 12.1 Å². The van der Waals surface area contributed by atoms with Crippen LogP contribution in [0.15, 0.2) is 59.0 Å². The molecule has 0 fully saturated rings. The van der Waals surface area contributed by atoms with Gasteiger partial charge < -0.3 is 9.15 Å². The minimum absolute atomic E-state index is 0.116. The molecule has 0 saturated carbocycles. The lowest BCUT2D eigenvalue weighted by atomic mass is 10.2. The molecular formula is C15H9FO3. The van der Waals surface area contributed by atoms with Crippen molar-refractivity contribution in [3.8, 4) is 5.75 Å². The van der Waals surface area contributed by atoms with Gasteiger partial charge in [-0.3, -0.25) is 0 Å². The quantitative estimate of drug-likeness (QED) is 0.517.